The Bertz CT molecular complexity index is 610. The Morgan fingerprint density at radius 2 is 1.08 bits per heavy atom. The van der Waals surface area contributed by atoms with Crippen LogP contribution in [-0.4, -0.2) is 100 Å². The van der Waals surface area contributed by atoms with Crippen LogP contribution in [0.4, 0.5) is 11.4 Å². The molecular formula is C17H34N7P. The third kappa shape index (κ3) is 4.82. The maximum atomic E-state index is 5.21. The van der Waals surface area contributed by atoms with Crippen LogP contribution in [0.25, 0.3) is 0 Å². The minimum Gasteiger partial charge on any atom is -0.349 e. The van der Waals surface area contributed by atoms with E-state index in [1.54, 1.807) is 0 Å². The molecule has 1 rings (SSSR count). The van der Waals surface area contributed by atoms with Crippen molar-refractivity contribution in [3.05, 3.63) is 24.3 Å². The highest BCUT2D eigenvalue weighted by Gasteiger charge is 2.29. The van der Waals surface area contributed by atoms with E-state index < -0.39 is 7.51 Å². The summed E-state index contributed by atoms with van der Waals surface area (Å²) < 4.78 is 11.8. The van der Waals surface area contributed by atoms with Gasteiger partial charge < -0.3 is 9.80 Å². The number of guanidine groups is 1. The molecule has 0 N–H and O–H groups in total. The lowest BCUT2D eigenvalue weighted by Crippen LogP contribution is -2.35. The summed E-state index contributed by atoms with van der Waals surface area (Å²) in [7, 11) is 18.4. The van der Waals surface area contributed by atoms with Gasteiger partial charge in [-0.05, 0) is 54.4 Å². The van der Waals surface area contributed by atoms with Crippen LogP contribution >= 0.6 is 7.51 Å². The molecule has 0 aliphatic carbocycles. The molecule has 0 aliphatic rings. The second-order valence-electron chi connectivity index (χ2n) is 6.87. The van der Waals surface area contributed by atoms with Crippen molar-refractivity contribution in [3.63, 3.8) is 0 Å². The summed E-state index contributed by atoms with van der Waals surface area (Å²) in [5, 5.41) is 0. The molecule has 0 fully saturated rings. The highest BCUT2D eigenvalue weighted by atomic mass is 31.2. The van der Waals surface area contributed by atoms with E-state index in [9.17, 15) is 0 Å². The van der Waals surface area contributed by atoms with Crippen molar-refractivity contribution >= 4 is 24.8 Å². The molecule has 142 valence electrons. The smallest absolute Gasteiger partial charge is 0.200 e. The van der Waals surface area contributed by atoms with Crippen LogP contribution in [0.15, 0.2) is 34.0 Å². The molecule has 8 heteroatoms. The maximum absolute atomic E-state index is 5.21. The third-order valence-corrected chi connectivity index (χ3v) is 7.46. The summed E-state index contributed by atoms with van der Waals surface area (Å²) in [6.45, 7) is 0. The van der Waals surface area contributed by atoms with Gasteiger partial charge in [-0.25, -0.2) is 9.74 Å². The van der Waals surface area contributed by atoms with E-state index in [2.05, 4.69) is 56.3 Å². The first-order valence-corrected chi connectivity index (χ1v) is 9.82. The predicted molar refractivity (Wildman–Crippen MR) is 111 cm³/mol. The van der Waals surface area contributed by atoms with Gasteiger partial charge in [-0.15, -0.1) is 0 Å². The van der Waals surface area contributed by atoms with Gasteiger partial charge in [0.2, 0.25) is 5.96 Å². The van der Waals surface area contributed by atoms with Crippen LogP contribution < -0.4 is 0 Å². The molecule has 0 bridgehead atoms. The highest BCUT2D eigenvalue weighted by molar-refractivity contribution is 7.59. The number of rotatable bonds is 5. The van der Waals surface area contributed by atoms with Crippen LogP contribution in [0.1, 0.15) is 0 Å². The summed E-state index contributed by atoms with van der Waals surface area (Å²) >= 11 is 0. The van der Waals surface area contributed by atoms with Crippen LogP contribution in [0.3, 0.4) is 0 Å². The summed E-state index contributed by atoms with van der Waals surface area (Å²) in [5.74, 6) is 0.881. The second-order valence-corrected chi connectivity index (χ2v) is 10.5. The van der Waals surface area contributed by atoms with Gasteiger partial charge in [-0.1, -0.05) is 12.1 Å². The summed E-state index contributed by atoms with van der Waals surface area (Å²) in [5.41, 5.74) is 1.77. The zero-order valence-corrected chi connectivity index (χ0v) is 18.3. The van der Waals surface area contributed by atoms with Crippen molar-refractivity contribution in [2.75, 3.05) is 70.5 Å². The van der Waals surface area contributed by atoms with Crippen LogP contribution in [0.2, 0.25) is 0 Å². The number of nitrogens with zero attached hydrogens (tertiary/aromatic N) is 7. The van der Waals surface area contributed by atoms with Gasteiger partial charge in [0.05, 0.1) is 11.4 Å². The predicted octanol–water partition coefficient (Wildman–Crippen LogP) is 3.06. The van der Waals surface area contributed by atoms with E-state index in [1.807, 2.05) is 62.3 Å². The van der Waals surface area contributed by atoms with Gasteiger partial charge in [-0.2, -0.15) is 0 Å². The molecule has 1 aromatic rings. The van der Waals surface area contributed by atoms with Crippen molar-refractivity contribution in [3.8, 4) is 0 Å². The zero-order valence-electron chi connectivity index (χ0n) is 17.4. The van der Waals surface area contributed by atoms with Crippen molar-refractivity contribution in [1.29, 1.82) is 0 Å². The number of benzene rings is 1. The molecule has 0 heterocycles. The lowest BCUT2D eigenvalue weighted by Gasteiger charge is -2.41. The third-order valence-electron chi connectivity index (χ3n) is 3.75. The van der Waals surface area contributed by atoms with Gasteiger partial charge >= 0.3 is 0 Å². The Labute approximate surface area is 153 Å². The van der Waals surface area contributed by atoms with Crippen molar-refractivity contribution in [1.82, 2.24) is 23.8 Å². The largest absolute Gasteiger partial charge is 0.349 e. The normalized spacial score (nSPS) is 11.9. The molecule has 0 spiro atoms. The van der Waals surface area contributed by atoms with E-state index in [0.717, 1.165) is 17.3 Å². The number of hydrogen-bond donors (Lipinski definition) is 0. The summed E-state index contributed by atoms with van der Waals surface area (Å²) in [4.78, 5) is 8.86. The standard InChI is InChI=1S/C17H34N7P/c1-20(2)17(21(3)4)18-15-13-11-12-14-16(15)19-25(22(5)6,23(7)8)24(9)10/h11-14H,1-10H3. The topological polar surface area (TPSA) is 40.9 Å². The molecule has 0 radical (unpaired) electrons. The average molecular weight is 367 g/mol. The summed E-state index contributed by atoms with van der Waals surface area (Å²) in [6, 6.07) is 8.06. The number of para-hydroxylation sites is 1. The molecular weight excluding hydrogens is 333 g/mol. The van der Waals surface area contributed by atoms with Gasteiger partial charge in [0.25, 0.3) is 0 Å². The Kier molecular flexibility index (Phi) is 7.62. The molecule has 0 unspecified atom stereocenters. The molecule has 0 saturated carbocycles. The Morgan fingerprint density at radius 1 is 0.680 bits per heavy atom. The summed E-state index contributed by atoms with van der Waals surface area (Å²) in [6.07, 6.45) is 0. The quantitative estimate of drug-likeness (QED) is 0.454. The van der Waals surface area contributed by atoms with Gasteiger partial charge in [0.1, 0.15) is 0 Å². The number of hydrogen-bond acceptors (Lipinski definition) is 2. The first-order valence-electron chi connectivity index (χ1n) is 8.22. The van der Waals surface area contributed by atoms with E-state index in [1.165, 1.54) is 0 Å². The van der Waals surface area contributed by atoms with Crippen molar-refractivity contribution < 1.29 is 0 Å². The van der Waals surface area contributed by atoms with Crippen molar-refractivity contribution in [2.24, 2.45) is 9.74 Å². The van der Waals surface area contributed by atoms with E-state index in [0.29, 0.717) is 0 Å². The molecule has 0 aromatic heterocycles. The lowest BCUT2D eigenvalue weighted by molar-refractivity contribution is 0.474. The van der Waals surface area contributed by atoms with Crippen LogP contribution in [-0.2, 0) is 0 Å². The molecule has 0 atom stereocenters. The molecule has 0 aliphatic heterocycles. The first-order chi connectivity index (χ1) is 11.5. The fourth-order valence-electron chi connectivity index (χ4n) is 2.84. The second kappa shape index (κ2) is 8.81. The monoisotopic (exact) mass is 367 g/mol. The van der Waals surface area contributed by atoms with E-state index >= 15 is 0 Å². The van der Waals surface area contributed by atoms with Gasteiger partial charge in [-0.3, -0.25) is 14.0 Å². The van der Waals surface area contributed by atoms with Crippen molar-refractivity contribution in [2.45, 2.75) is 0 Å². The molecule has 0 saturated heterocycles. The first kappa shape index (κ1) is 21.6. The zero-order chi connectivity index (χ0) is 19.4. The maximum Gasteiger partial charge on any atom is 0.200 e. The average Bonchev–Trinajstić information content (AvgIpc) is 2.49. The van der Waals surface area contributed by atoms with E-state index in [4.69, 9.17) is 9.74 Å². The Balaban J connectivity index is 3.67. The Hall–Kier alpha value is -1.40. The van der Waals surface area contributed by atoms with Gasteiger partial charge in [0, 0.05) is 28.2 Å². The fourth-order valence-corrected chi connectivity index (χ4v) is 5.98. The highest BCUT2D eigenvalue weighted by Crippen LogP contribution is 2.57. The lowest BCUT2D eigenvalue weighted by atomic mass is 10.3. The minimum absolute atomic E-state index is 0.870. The molecule has 0 amide bonds. The SMILES string of the molecule is CN(C)C(=Nc1ccccc1N=P(N(C)C)(N(C)C)N(C)C)N(C)C. The molecule has 25 heavy (non-hydrogen) atoms. The number of aliphatic imine (C=N–C) groups is 1. The fraction of sp³-hybridized carbons (Fsp3) is 0.588. The molecule has 7 nitrogen and oxygen atoms in total. The van der Waals surface area contributed by atoms with Crippen LogP contribution in [0.5, 0.6) is 0 Å². The Morgan fingerprint density at radius 3 is 1.44 bits per heavy atom. The van der Waals surface area contributed by atoms with Gasteiger partial charge in [0.15, 0.2) is 7.51 Å². The minimum atomic E-state index is -2.02. The van der Waals surface area contributed by atoms with Crippen LogP contribution in [0, 0.1) is 0 Å². The van der Waals surface area contributed by atoms with E-state index in [-0.39, 0.29) is 0 Å². The molecule has 1 aromatic carbocycles.